The number of hydrogen-bond acceptors (Lipinski definition) is 4. The number of carbonyl (C=O) groups is 1. The molecule has 1 aromatic carbocycles. The molecular formula is C13H18FN3O3S. The lowest BCUT2D eigenvalue weighted by molar-refractivity contribution is -0.126. The van der Waals surface area contributed by atoms with E-state index < -0.39 is 21.9 Å². The number of nitrogens with two attached hydrogens (primary N) is 1. The van der Waals surface area contributed by atoms with Crippen LogP contribution in [0.25, 0.3) is 0 Å². The monoisotopic (exact) mass is 315 g/mol. The van der Waals surface area contributed by atoms with Gasteiger partial charge in [-0.2, -0.15) is 4.31 Å². The van der Waals surface area contributed by atoms with Gasteiger partial charge in [-0.05, 0) is 25.5 Å². The van der Waals surface area contributed by atoms with Crippen LogP contribution < -0.4 is 11.1 Å². The second-order valence-corrected chi connectivity index (χ2v) is 6.84. The first-order valence-electron chi connectivity index (χ1n) is 6.64. The Kier molecular flexibility index (Phi) is 4.20. The molecule has 1 atom stereocenters. The van der Waals surface area contributed by atoms with Crippen LogP contribution in [0.1, 0.15) is 18.9 Å². The highest BCUT2D eigenvalue weighted by Crippen LogP contribution is 2.26. The second-order valence-electron chi connectivity index (χ2n) is 4.95. The van der Waals surface area contributed by atoms with Crippen LogP contribution in [-0.4, -0.2) is 37.8 Å². The number of anilines is 1. The molecule has 1 aromatic rings. The molecule has 1 aliphatic rings. The van der Waals surface area contributed by atoms with Gasteiger partial charge in [0.05, 0.1) is 4.90 Å². The number of piperazine rings is 1. The molecule has 116 valence electrons. The summed E-state index contributed by atoms with van der Waals surface area (Å²) >= 11 is 0. The Labute approximate surface area is 123 Å². The number of amides is 1. The molecule has 0 aromatic heterocycles. The van der Waals surface area contributed by atoms with Gasteiger partial charge in [-0.15, -0.1) is 0 Å². The van der Waals surface area contributed by atoms with E-state index in [1.54, 1.807) is 6.92 Å². The number of nitrogen functional groups attached to an aromatic ring is 1. The minimum Gasteiger partial charge on any atom is -0.398 e. The van der Waals surface area contributed by atoms with Crippen molar-refractivity contribution < 1.29 is 17.6 Å². The number of nitrogens with zero attached hydrogens (tertiary/aromatic N) is 1. The number of nitrogens with one attached hydrogen (secondary N) is 1. The van der Waals surface area contributed by atoms with Gasteiger partial charge in [-0.1, -0.05) is 6.92 Å². The molecule has 1 unspecified atom stereocenters. The van der Waals surface area contributed by atoms with Crippen molar-refractivity contribution in [1.82, 2.24) is 9.62 Å². The summed E-state index contributed by atoms with van der Waals surface area (Å²) < 4.78 is 40.1. The number of halogens is 1. The van der Waals surface area contributed by atoms with Crippen molar-refractivity contribution in [1.29, 1.82) is 0 Å². The van der Waals surface area contributed by atoms with Crippen LogP contribution in [0.5, 0.6) is 0 Å². The van der Waals surface area contributed by atoms with E-state index in [4.69, 9.17) is 5.73 Å². The SMILES string of the molecule is CCC1C(=O)NCCN1S(=O)(=O)c1cc(N)c(C)c(F)c1. The van der Waals surface area contributed by atoms with Gasteiger partial charge in [-0.25, -0.2) is 12.8 Å². The largest absolute Gasteiger partial charge is 0.398 e. The van der Waals surface area contributed by atoms with Crippen molar-refractivity contribution in [2.45, 2.75) is 31.2 Å². The third kappa shape index (κ3) is 2.73. The number of sulfonamides is 1. The molecule has 0 spiro atoms. The Bertz CT molecular complexity index is 652. The second kappa shape index (κ2) is 5.61. The first-order chi connectivity index (χ1) is 9.78. The molecule has 1 amide bonds. The van der Waals surface area contributed by atoms with Crippen molar-refractivity contribution in [2.75, 3.05) is 18.8 Å². The fourth-order valence-corrected chi connectivity index (χ4v) is 4.04. The third-order valence-corrected chi connectivity index (χ3v) is 5.52. The summed E-state index contributed by atoms with van der Waals surface area (Å²) in [4.78, 5) is 11.6. The standard InChI is InChI=1S/C13H18FN3O3S/c1-3-12-13(18)16-4-5-17(12)21(19,20)9-6-10(14)8(2)11(15)7-9/h6-7,12H,3-5,15H2,1-2H3,(H,16,18). The van der Waals surface area contributed by atoms with Crippen LogP contribution in [0.4, 0.5) is 10.1 Å². The summed E-state index contributed by atoms with van der Waals surface area (Å²) in [6, 6.07) is 1.39. The lowest BCUT2D eigenvalue weighted by Gasteiger charge is -2.33. The number of carbonyl (C=O) groups excluding carboxylic acids is 1. The molecule has 1 fully saturated rings. The zero-order chi connectivity index (χ0) is 15.8. The Morgan fingerprint density at radius 3 is 2.71 bits per heavy atom. The van der Waals surface area contributed by atoms with E-state index >= 15 is 0 Å². The molecule has 1 saturated heterocycles. The molecule has 2 rings (SSSR count). The molecule has 0 radical (unpaired) electrons. The van der Waals surface area contributed by atoms with E-state index in [0.29, 0.717) is 6.42 Å². The minimum atomic E-state index is -3.97. The first-order valence-corrected chi connectivity index (χ1v) is 8.08. The van der Waals surface area contributed by atoms with Crippen molar-refractivity contribution in [3.8, 4) is 0 Å². The Balaban J connectivity index is 2.48. The molecule has 6 nitrogen and oxygen atoms in total. The third-order valence-electron chi connectivity index (χ3n) is 3.63. The number of rotatable bonds is 3. The number of hydrogen-bond donors (Lipinski definition) is 2. The minimum absolute atomic E-state index is 0.0723. The quantitative estimate of drug-likeness (QED) is 0.800. The van der Waals surface area contributed by atoms with Crippen LogP contribution in [0, 0.1) is 12.7 Å². The fraction of sp³-hybridized carbons (Fsp3) is 0.462. The van der Waals surface area contributed by atoms with Crippen molar-refractivity contribution >= 4 is 21.6 Å². The summed E-state index contributed by atoms with van der Waals surface area (Å²) in [5, 5.41) is 2.62. The number of benzene rings is 1. The highest BCUT2D eigenvalue weighted by Gasteiger charge is 2.37. The van der Waals surface area contributed by atoms with Crippen LogP contribution in [0.2, 0.25) is 0 Å². The fourth-order valence-electron chi connectivity index (χ4n) is 2.33. The summed E-state index contributed by atoms with van der Waals surface area (Å²) in [5.74, 6) is -1.02. The summed E-state index contributed by atoms with van der Waals surface area (Å²) in [5.41, 5.74) is 5.92. The molecule has 1 aliphatic heterocycles. The molecule has 8 heteroatoms. The van der Waals surface area contributed by atoms with E-state index in [9.17, 15) is 17.6 Å². The smallest absolute Gasteiger partial charge is 0.244 e. The molecule has 0 saturated carbocycles. The molecule has 3 N–H and O–H groups in total. The van der Waals surface area contributed by atoms with Crippen LogP contribution in [0.3, 0.4) is 0 Å². The molecular weight excluding hydrogens is 297 g/mol. The Morgan fingerprint density at radius 2 is 2.14 bits per heavy atom. The summed E-state index contributed by atoms with van der Waals surface area (Å²) in [7, 11) is -3.97. The Hall–Kier alpha value is -1.67. The van der Waals surface area contributed by atoms with Gasteiger partial charge >= 0.3 is 0 Å². The maximum atomic E-state index is 13.8. The van der Waals surface area contributed by atoms with E-state index in [1.165, 1.54) is 13.0 Å². The van der Waals surface area contributed by atoms with Gasteiger partial charge < -0.3 is 11.1 Å². The topological polar surface area (TPSA) is 92.5 Å². The zero-order valence-electron chi connectivity index (χ0n) is 11.9. The van der Waals surface area contributed by atoms with Crippen LogP contribution >= 0.6 is 0 Å². The lowest BCUT2D eigenvalue weighted by Crippen LogP contribution is -2.56. The van der Waals surface area contributed by atoms with Crippen LogP contribution in [0.15, 0.2) is 17.0 Å². The van der Waals surface area contributed by atoms with Gasteiger partial charge in [0, 0.05) is 24.3 Å². The van der Waals surface area contributed by atoms with E-state index in [1.807, 2.05) is 0 Å². The van der Waals surface area contributed by atoms with Gasteiger partial charge in [0.25, 0.3) is 0 Å². The molecule has 0 aliphatic carbocycles. The normalized spacial score (nSPS) is 20.3. The molecule has 0 bridgehead atoms. The summed E-state index contributed by atoms with van der Waals surface area (Å²) in [6.45, 7) is 3.59. The maximum Gasteiger partial charge on any atom is 0.244 e. The van der Waals surface area contributed by atoms with E-state index in [0.717, 1.165) is 10.4 Å². The lowest BCUT2D eigenvalue weighted by atomic mass is 10.2. The zero-order valence-corrected chi connectivity index (χ0v) is 12.7. The van der Waals surface area contributed by atoms with E-state index in [2.05, 4.69) is 5.32 Å². The van der Waals surface area contributed by atoms with Gasteiger partial charge in [0.15, 0.2) is 0 Å². The van der Waals surface area contributed by atoms with E-state index in [-0.39, 0.29) is 35.1 Å². The first kappa shape index (κ1) is 15.7. The molecule has 1 heterocycles. The van der Waals surface area contributed by atoms with Gasteiger partial charge in [0.1, 0.15) is 11.9 Å². The predicted octanol–water partition coefficient (Wildman–Crippen LogP) is 0.615. The summed E-state index contributed by atoms with van der Waals surface area (Å²) in [6.07, 6.45) is 0.342. The van der Waals surface area contributed by atoms with Crippen LogP contribution in [-0.2, 0) is 14.8 Å². The average molecular weight is 315 g/mol. The van der Waals surface area contributed by atoms with Crippen molar-refractivity contribution in [3.05, 3.63) is 23.5 Å². The van der Waals surface area contributed by atoms with Crippen molar-refractivity contribution in [2.24, 2.45) is 0 Å². The highest BCUT2D eigenvalue weighted by molar-refractivity contribution is 7.89. The predicted molar refractivity (Wildman–Crippen MR) is 76.5 cm³/mol. The van der Waals surface area contributed by atoms with Gasteiger partial charge in [0.2, 0.25) is 15.9 Å². The highest BCUT2D eigenvalue weighted by atomic mass is 32.2. The Morgan fingerprint density at radius 1 is 1.48 bits per heavy atom. The average Bonchev–Trinajstić information content (AvgIpc) is 2.43. The van der Waals surface area contributed by atoms with Crippen molar-refractivity contribution in [3.63, 3.8) is 0 Å². The van der Waals surface area contributed by atoms with Gasteiger partial charge in [-0.3, -0.25) is 4.79 Å². The molecule has 21 heavy (non-hydrogen) atoms. The maximum absolute atomic E-state index is 13.8.